The second-order valence-corrected chi connectivity index (χ2v) is 7.61. The highest BCUT2D eigenvalue weighted by molar-refractivity contribution is 7.19. The van der Waals surface area contributed by atoms with E-state index in [0.29, 0.717) is 26.3 Å². The lowest BCUT2D eigenvalue weighted by atomic mass is 10.2. The van der Waals surface area contributed by atoms with E-state index in [1.807, 2.05) is 0 Å². The van der Waals surface area contributed by atoms with Gasteiger partial charge < -0.3 is 5.32 Å². The Morgan fingerprint density at radius 2 is 2.20 bits per heavy atom. The second kappa shape index (κ2) is 5.93. The first kappa shape index (κ1) is 16.2. The minimum atomic E-state index is -0.484. The summed E-state index contributed by atoms with van der Waals surface area (Å²) in [7, 11) is 0. The van der Waals surface area contributed by atoms with Gasteiger partial charge in [-0.1, -0.05) is 11.6 Å². The van der Waals surface area contributed by atoms with Gasteiger partial charge in [0.25, 0.3) is 11.5 Å². The van der Waals surface area contributed by atoms with Crippen LogP contribution >= 0.6 is 22.9 Å². The maximum absolute atomic E-state index is 13.1. The molecule has 0 spiro atoms. The zero-order chi connectivity index (χ0) is 17.7. The van der Waals surface area contributed by atoms with Gasteiger partial charge in [-0.05, 0) is 38.0 Å². The van der Waals surface area contributed by atoms with Crippen molar-refractivity contribution in [3.63, 3.8) is 0 Å². The Bertz CT molecular complexity index is 1070. The van der Waals surface area contributed by atoms with Crippen molar-refractivity contribution in [3.8, 4) is 0 Å². The van der Waals surface area contributed by atoms with Crippen LogP contribution in [0, 0.1) is 12.7 Å². The number of fused-ring (bicyclic) bond motifs is 1. The number of thiophene rings is 1. The Hall–Kier alpha value is -2.25. The predicted octanol–water partition coefficient (Wildman–Crippen LogP) is 4.15. The first-order chi connectivity index (χ1) is 12.0. The van der Waals surface area contributed by atoms with E-state index >= 15 is 0 Å². The van der Waals surface area contributed by atoms with E-state index in [4.69, 9.17) is 11.6 Å². The van der Waals surface area contributed by atoms with Crippen LogP contribution in [0.15, 0.2) is 29.3 Å². The molecule has 1 fully saturated rings. The first-order valence-corrected chi connectivity index (χ1v) is 8.92. The van der Waals surface area contributed by atoms with E-state index in [1.165, 1.54) is 29.8 Å². The molecule has 1 aromatic carbocycles. The standard InChI is InChI=1S/C17H13ClFN3O2S/c1-8-13(16(23)21-12-5-2-9(19)6-11(12)18)14-15(25-8)17(24)22(7-20-14)10-3-4-10/h2,5-7,10H,3-4H2,1H3,(H,21,23). The third-order valence-electron chi connectivity index (χ3n) is 4.15. The lowest BCUT2D eigenvalue weighted by Gasteiger charge is -2.07. The number of carbonyl (C=O) groups excluding carboxylic acids is 1. The Balaban J connectivity index is 1.75. The lowest BCUT2D eigenvalue weighted by Crippen LogP contribution is -2.19. The summed E-state index contributed by atoms with van der Waals surface area (Å²) in [5.74, 6) is -0.907. The Labute approximate surface area is 151 Å². The van der Waals surface area contributed by atoms with E-state index in [2.05, 4.69) is 10.3 Å². The van der Waals surface area contributed by atoms with Crippen LogP contribution in [0.25, 0.3) is 10.2 Å². The summed E-state index contributed by atoms with van der Waals surface area (Å²) in [5, 5.41) is 2.77. The molecule has 1 saturated carbocycles. The molecule has 3 aromatic rings. The Morgan fingerprint density at radius 3 is 2.88 bits per heavy atom. The summed E-state index contributed by atoms with van der Waals surface area (Å²) >= 11 is 7.22. The van der Waals surface area contributed by atoms with Crippen molar-refractivity contribution in [2.24, 2.45) is 0 Å². The molecule has 0 aliphatic heterocycles. The number of halogens is 2. The van der Waals surface area contributed by atoms with Crippen LogP contribution in [0.2, 0.25) is 5.02 Å². The summed E-state index contributed by atoms with van der Waals surface area (Å²) in [6.45, 7) is 1.77. The number of rotatable bonds is 3. The maximum atomic E-state index is 13.1. The van der Waals surface area contributed by atoms with Gasteiger partial charge in [0, 0.05) is 10.9 Å². The SMILES string of the molecule is Cc1sc2c(=O)n(C3CC3)cnc2c1C(=O)Nc1ccc(F)cc1Cl. The highest BCUT2D eigenvalue weighted by atomic mass is 35.5. The highest BCUT2D eigenvalue weighted by Crippen LogP contribution is 2.35. The summed E-state index contributed by atoms with van der Waals surface area (Å²) < 4.78 is 15.3. The molecule has 1 aliphatic carbocycles. The summed E-state index contributed by atoms with van der Waals surface area (Å²) in [5.41, 5.74) is 0.929. The van der Waals surface area contributed by atoms with E-state index in [-0.39, 0.29) is 16.6 Å². The Kier molecular flexibility index (Phi) is 3.85. The molecule has 0 unspecified atom stereocenters. The van der Waals surface area contributed by atoms with Gasteiger partial charge in [-0.2, -0.15) is 0 Å². The van der Waals surface area contributed by atoms with Crippen LogP contribution in [-0.4, -0.2) is 15.5 Å². The molecule has 0 atom stereocenters. The molecule has 0 saturated heterocycles. The number of aryl methyl sites for hydroxylation is 1. The van der Waals surface area contributed by atoms with Gasteiger partial charge >= 0.3 is 0 Å². The number of aromatic nitrogens is 2. The van der Waals surface area contributed by atoms with E-state index < -0.39 is 11.7 Å². The molecule has 2 aromatic heterocycles. The highest BCUT2D eigenvalue weighted by Gasteiger charge is 2.27. The number of hydrogen-bond acceptors (Lipinski definition) is 4. The van der Waals surface area contributed by atoms with Crippen molar-refractivity contribution in [2.75, 3.05) is 5.32 Å². The molecule has 25 heavy (non-hydrogen) atoms. The molecule has 4 rings (SSSR count). The Morgan fingerprint density at radius 1 is 1.44 bits per heavy atom. The molecule has 2 heterocycles. The van der Waals surface area contributed by atoms with Crippen LogP contribution in [0.4, 0.5) is 10.1 Å². The number of anilines is 1. The first-order valence-electron chi connectivity index (χ1n) is 7.72. The number of benzene rings is 1. The molecule has 1 amide bonds. The monoisotopic (exact) mass is 377 g/mol. The van der Waals surface area contributed by atoms with Gasteiger partial charge in [0.15, 0.2) is 0 Å². The summed E-state index contributed by atoms with van der Waals surface area (Å²) in [6.07, 6.45) is 3.47. The largest absolute Gasteiger partial charge is 0.321 e. The van der Waals surface area contributed by atoms with Crippen molar-refractivity contribution >= 4 is 44.7 Å². The fourth-order valence-corrected chi connectivity index (χ4v) is 4.00. The number of carbonyl (C=O) groups is 1. The molecule has 5 nitrogen and oxygen atoms in total. The van der Waals surface area contributed by atoms with Gasteiger partial charge in [-0.25, -0.2) is 9.37 Å². The van der Waals surface area contributed by atoms with Crippen molar-refractivity contribution in [1.29, 1.82) is 0 Å². The minimum absolute atomic E-state index is 0.106. The van der Waals surface area contributed by atoms with Crippen molar-refractivity contribution < 1.29 is 9.18 Å². The normalized spacial score (nSPS) is 14.0. The maximum Gasteiger partial charge on any atom is 0.271 e. The molecule has 1 N–H and O–H groups in total. The lowest BCUT2D eigenvalue weighted by molar-refractivity contribution is 0.102. The fraction of sp³-hybridized carbons (Fsp3) is 0.235. The average molecular weight is 378 g/mol. The number of nitrogens with one attached hydrogen (secondary N) is 1. The minimum Gasteiger partial charge on any atom is -0.321 e. The smallest absolute Gasteiger partial charge is 0.271 e. The van der Waals surface area contributed by atoms with Crippen LogP contribution in [0.3, 0.4) is 0 Å². The number of amides is 1. The third kappa shape index (κ3) is 2.83. The zero-order valence-electron chi connectivity index (χ0n) is 13.2. The molecule has 128 valence electrons. The fourth-order valence-electron chi connectivity index (χ4n) is 2.75. The van der Waals surface area contributed by atoms with Gasteiger partial charge in [-0.15, -0.1) is 11.3 Å². The molecular weight excluding hydrogens is 365 g/mol. The molecule has 0 bridgehead atoms. The quantitative estimate of drug-likeness (QED) is 0.745. The van der Waals surface area contributed by atoms with Crippen LogP contribution in [0.5, 0.6) is 0 Å². The zero-order valence-corrected chi connectivity index (χ0v) is 14.7. The molecular formula is C17H13ClFN3O2S. The number of nitrogens with zero attached hydrogens (tertiary/aromatic N) is 2. The van der Waals surface area contributed by atoms with Crippen molar-refractivity contribution in [2.45, 2.75) is 25.8 Å². The van der Waals surface area contributed by atoms with Gasteiger partial charge in [0.2, 0.25) is 0 Å². The van der Waals surface area contributed by atoms with Crippen molar-refractivity contribution in [1.82, 2.24) is 9.55 Å². The van der Waals surface area contributed by atoms with Crippen molar-refractivity contribution in [3.05, 3.63) is 56.2 Å². The average Bonchev–Trinajstić information content (AvgIpc) is 3.33. The second-order valence-electron chi connectivity index (χ2n) is 5.98. The summed E-state index contributed by atoms with van der Waals surface area (Å²) in [4.78, 5) is 30.3. The van der Waals surface area contributed by atoms with E-state index in [9.17, 15) is 14.0 Å². The topological polar surface area (TPSA) is 64.0 Å². The van der Waals surface area contributed by atoms with E-state index in [1.54, 1.807) is 11.5 Å². The summed E-state index contributed by atoms with van der Waals surface area (Å²) in [6, 6.07) is 3.96. The molecule has 0 radical (unpaired) electrons. The van der Waals surface area contributed by atoms with Gasteiger partial charge in [0.1, 0.15) is 16.0 Å². The van der Waals surface area contributed by atoms with Gasteiger partial charge in [-0.3, -0.25) is 14.2 Å². The van der Waals surface area contributed by atoms with Crippen LogP contribution < -0.4 is 10.9 Å². The molecule has 8 heteroatoms. The van der Waals surface area contributed by atoms with Crippen LogP contribution in [0.1, 0.15) is 34.1 Å². The van der Waals surface area contributed by atoms with Gasteiger partial charge in [0.05, 0.1) is 22.6 Å². The predicted molar refractivity (Wildman–Crippen MR) is 96.3 cm³/mol. The molecule has 1 aliphatic rings. The van der Waals surface area contributed by atoms with E-state index in [0.717, 1.165) is 18.9 Å². The van der Waals surface area contributed by atoms with Crippen LogP contribution in [-0.2, 0) is 0 Å². The third-order valence-corrected chi connectivity index (χ3v) is 5.54. The number of hydrogen-bond donors (Lipinski definition) is 1.